The van der Waals surface area contributed by atoms with Crippen LogP contribution in [0.25, 0.3) is 0 Å². The number of benzene rings is 1. The zero-order valence-electron chi connectivity index (χ0n) is 11.1. The third-order valence-corrected chi connectivity index (χ3v) is 3.97. The first-order chi connectivity index (χ1) is 9.19. The van der Waals surface area contributed by atoms with Crippen LogP contribution in [0.15, 0.2) is 16.6 Å². The Morgan fingerprint density at radius 1 is 1.32 bits per heavy atom. The van der Waals surface area contributed by atoms with E-state index in [0.717, 1.165) is 19.3 Å². The molecule has 0 saturated carbocycles. The van der Waals surface area contributed by atoms with Gasteiger partial charge in [-0.15, -0.1) is 0 Å². The van der Waals surface area contributed by atoms with Crippen molar-refractivity contribution in [3.05, 3.63) is 22.2 Å². The molecule has 1 aromatic carbocycles. The van der Waals surface area contributed by atoms with Crippen LogP contribution in [0.2, 0.25) is 0 Å². The molecule has 4 nitrogen and oxygen atoms in total. The van der Waals surface area contributed by atoms with E-state index in [9.17, 15) is 4.79 Å². The summed E-state index contributed by atoms with van der Waals surface area (Å²) in [6, 6.07) is 3.48. The lowest BCUT2D eigenvalue weighted by atomic mass is 9.99. The van der Waals surface area contributed by atoms with E-state index in [1.807, 2.05) is 0 Å². The third kappa shape index (κ3) is 2.92. The highest BCUT2D eigenvalue weighted by Gasteiger charge is 2.27. The monoisotopic (exact) mass is 328 g/mol. The van der Waals surface area contributed by atoms with Crippen molar-refractivity contribution in [3.8, 4) is 11.5 Å². The summed E-state index contributed by atoms with van der Waals surface area (Å²) in [6.45, 7) is 0.649. The first kappa shape index (κ1) is 14.3. The fourth-order valence-corrected chi connectivity index (χ4v) is 2.88. The first-order valence-electron chi connectivity index (χ1n) is 6.25. The second kappa shape index (κ2) is 6.39. The van der Waals surface area contributed by atoms with Crippen LogP contribution >= 0.6 is 15.9 Å². The minimum Gasteiger partial charge on any atom is -0.495 e. The molecule has 0 N–H and O–H groups in total. The van der Waals surface area contributed by atoms with Crippen molar-refractivity contribution in [2.75, 3.05) is 20.8 Å². The molecule has 1 unspecified atom stereocenters. The molecule has 0 amide bonds. The normalized spacial score (nSPS) is 19.0. The molecule has 104 valence electrons. The number of Topliss-reactive ketones (excluding diaryl/α,β-unsaturated/α-hetero) is 1. The summed E-state index contributed by atoms with van der Waals surface area (Å²) in [4.78, 5) is 12.5. The number of ether oxygens (including phenoxy) is 3. The van der Waals surface area contributed by atoms with Gasteiger partial charge in [0, 0.05) is 6.61 Å². The van der Waals surface area contributed by atoms with Gasteiger partial charge in [0.15, 0.2) is 5.78 Å². The lowest BCUT2D eigenvalue weighted by molar-refractivity contribution is 0.0184. The van der Waals surface area contributed by atoms with E-state index in [1.165, 1.54) is 7.11 Å². The first-order valence-corrected chi connectivity index (χ1v) is 7.04. The SMILES string of the molecule is COc1ccc(C(=O)C2CCCCO2)c(OC)c1Br. The molecule has 1 aliphatic rings. The Kier molecular flexibility index (Phi) is 4.82. The van der Waals surface area contributed by atoms with E-state index in [-0.39, 0.29) is 11.9 Å². The minimum atomic E-state index is -0.358. The summed E-state index contributed by atoms with van der Waals surface area (Å²) in [7, 11) is 3.11. The number of carbonyl (C=O) groups is 1. The Morgan fingerprint density at radius 3 is 2.68 bits per heavy atom. The topological polar surface area (TPSA) is 44.8 Å². The smallest absolute Gasteiger partial charge is 0.195 e. The number of carbonyl (C=O) groups excluding carboxylic acids is 1. The average Bonchev–Trinajstić information content (AvgIpc) is 2.47. The van der Waals surface area contributed by atoms with E-state index >= 15 is 0 Å². The van der Waals surface area contributed by atoms with Crippen LogP contribution in [0.5, 0.6) is 11.5 Å². The fourth-order valence-electron chi connectivity index (χ4n) is 2.21. The lowest BCUT2D eigenvalue weighted by Crippen LogP contribution is -2.28. The molecule has 5 heteroatoms. The van der Waals surface area contributed by atoms with Crippen LogP contribution < -0.4 is 9.47 Å². The van der Waals surface area contributed by atoms with Crippen molar-refractivity contribution >= 4 is 21.7 Å². The fraction of sp³-hybridized carbons (Fsp3) is 0.500. The van der Waals surface area contributed by atoms with Crippen LogP contribution in [0.3, 0.4) is 0 Å². The molecule has 0 spiro atoms. The van der Waals surface area contributed by atoms with Crippen molar-refractivity contribution < 1.29 is 19.0 Å². The molecule has 1 aromatic rings. The van der Waals surface area contributed by atoms with Crippen LogP contribution in [-0.4, -0.2) is 32.7 Å². The number of rotatable bonds is 4. The van der Waals surface area contributed by atoms with E-state index < -0.39 is 0 Å². The molecule has 1 atom stereocenters. The maximum Gasteiger partial charge on any atom is 0.195 e. The molecule has 0 bridgehead atoms. The molecular formula is C14H17BrO4. The van der Waals surface area contributed by atoms with Gasteiger partial charge in [0.2, 0.25) is 0 Å². The summed E-state index contributed by atoms with van der Waals surface area (Å²) < 4.78 is 16.7. The molecular weight excluding hydrogens is 312 g/mol. The van der Waals surface area contributed by atoms with Crippen LogP contribution in [-0.2, 0) is 4.74 Å². The maximum atomic E-state index is 12.5. The highest BCUT2D eigenvalue weighted by atomic mass is 79.9. The van der Waals surface area contributed by atoms with Crippen molar-refractivity contribution in [2.24, 2.45) is 0 Å². The number of hydrogen-bond donors (Lipinski definition) is 0. The summed E-state index contributed by atoms with van der Waals surface area (Å²) >= 11 is 3.40. The van der Waals surface area contributed by atoms with E-state index in [2.05, 4.69) is 15.9 Å². The van der Waals surface area contributed by atoms with Gasteiger partial charge in [-0.2, -0.15) is 0 Å². The van der Waals surface area contributed by atoms with Crippen LogP contribution in [0.4, 0.5) is 0 Å². The summed E-state index contributed by atoms with van der Waals surface area (Å²) in [5.41, 5.74) is 0.530. The predicted octanol–water partition coefficient (Wildman–Crippen LogP) is 3.22. The number of methoxy groups -OCH3 is 2. The van der Waals surface area contributed by atoms with Crippen molar-refractivity contribution in [1.82, 2.24) is 0 Å². The molecule has 1 aliphatic heterocycles. The molecule has 1 heterocycles. The van der Waals surface area contributed by atoms with E-state index in [0.29, 0.717) is 28.1 Å². The Hall–Kier alpha value is -1.07. The van der Waals surface area contributed by atoms with Gasteiger partial charge in [-0.1, -0.05) is 0 Å². The quantitative estimate of drug-likeness (QED) is 0.796. The van der Waals surface area contributed by atoms with Gasteiger partial charge >= 0.3 is 0 Å². The molecule has 2 rings (SSSR count). The Bertz CT molecular complexity index is 467. The Balaban J connectivity index is 2.33. The molecule has 0 aliphatic carbocycles. The van der Waals surface area contributed by atoms with Gasteiger partial charge in [0.25, 0.3) is 0 Å². The average molecular weight is 329 g/mol. The van der Waals surface area contributed by atoms with Gasteiger partial charge in [-0.05, 0) is 47.3 Å². The number of halogens is 1. The van der Waals surface area contributed by atoms with Gasteiger partial charge in [0.1, 0.15) is 22.1 Å². The van der Waals surface area contributed by atoms with Crippen molar-refractivity contribution in [2.45, 2.75) is 25.4 Å². The second-order valence-electron chi connectivity index (χ2n) is 4.38. The highest BCUT2D eigenvalue weighted by Crippen LogP contribution is 2.38. The van der Waals surface area contributed by atoms with Crippen LogP contribution in [0, 0.1) is 0 Å². The summed E-state index contributed by atoms with van der Waals surface area (Å²) in [5, 5.41) is 0. The Labute approximate surface area is 121 Å². The summed E-state index contributed by atoms with van der Waals surface area (Å²) in [5.74, 6) is 1.11. The molecule has 0 aromatic heterocycles. The van der Waals surface area contributed by atoms with Crippen LogP contribution in [0.1, 0.15) is 29.6 Å². The third-order valence-electron chi connectivity index (χ3n) is 3.22. The standard InChI is InChI=1S/C14H17BrO4/c1-17-10-7-6-9(14(18-2)12(10)15)13(16)11-5-3-4-8-19-11/h6-7,11H,3-5,8H2,1-2H3. The predicted molar refractivity (Wildman–Crippen MR) is 75.2 cm³/mol. The largest absolute Gasteiger partial charge is 0.495 e. The minimum absolute atomic E-state index is 0.0279. The van der Waals surface area contributed by atoms with Gasteiger partial charge in [-0.25, -0.2) is 0 Å². The molecule has 0 radical (unpaired) electrons. The second-order valence-corrected chi connectivity index (χ2v) is 5.18. The number of hydrogen-bond acceptors (Lipinski definition) is 4. The molecule has 1 fully saturated rings. The van der Waals surface area contributed by atoms with Gasteiger partial charge < -0.3 is 14.2 Å². The van der Waals surface area contributed by atoms with Crippen molar-refractivity contribution in [1.29, 1.82) is 0 Å². The van der Waals surface area contributed by atoms with Gasteiger partial charge in [-0.3, -0.25) is 4.79 Å². The molecule has 19 heavy (non-hydrogen) atoms. The van der Waals surface area contributed by atoms with Crippen molar-refractivity contribution in [3.63, 3.8) is 0 Å². The Morgan fingerprint density at radius 2 is 2.11 bits per heavy atom. The molecule has 1 saturated heterocycles. The van der Waals surface area contributed by atoms with E-state index in [4.69, 9.17) is 14.2 Å². The van der Waals surface area contributed by atoms with Gasteiger partial charge in [0.05, 0.1) is 19.8 Å². The highest BCUT2D eigenvalue weighted by molar-refractivity contribution is 9.10. The van der Waals surface area contributed by atoms with E-state index in [1.54, 1.807) is 19.2 Å². The number of ketones is 1. The lowest BCUT2D eigenvalue weighted by Gasteiger charge is -2.22. The zero-order valence-corrected chi connectivity index (χ0v) is 12.7. The zero-order chi connectivity index (χ0) is 13.8. The summed E-state index contributed by atoms with van der Waals surface area (Å²) in [6.07, 6.45) is 2.46. The maximum absolute atomic E-state index is 12.5.